The van der Waals surface area contributed by atoms with Gasteiger partial charge >= 0.3 is 0 Å². The van der Waals surface area contributed by atoms with Gasteiger partial charge in [-0.3, -0.25) is 9.79 Å². The van der Waals surface area contributed by atoms with Gasteiger partial charge in [0.15, 0.2) is 0 Å². The molecule has 1 unspecified atom stereocenters. The smallest absolute Gasteiger partial charge is 0.250 e. The molecule has 1 aliphatic heterocycles. The summed E-state index contributed by atoms with van der Waals surface area (Å²) < 4.78 is 0. The van der Waals surface area contributed by atoms with Crippen LogP contribution in [0.2, 0.25) is 0 Å². The van der Waals surface area contributed by atoms with E-state index in [1.807, 2.05) is 18.2 Å². The lowest BCUT2D eigenvalue weighted by molar-refractivity contribution is -0.120. The molecule has 0 aliphatic carbocycles. The molecule has 0 saturated carbocycles. The second-order valence-electron chi connectivity index (χ2n) is 3.97. The third-order valence-electron chi connectivity index (χ3n) is 2.56. The van der Waals surface area contributed by atoms with Gasteiger partial charge in [0.25, 0.3) is 0 Å². The lowest BCUT2D eigenvalue weighted by Crippen LogP contribution is -2.29. The Morgan fingerprint density at radius 2 is 2.12 bits per heavy atom. The molecule has 1 aromatic rings. The first-order valence-corrected chi connectivity index (χ1v) is 6.83. The van der Waals surface area contributed by atoms with Crippen LogP contribution in [0.5, 0.6) is 0 Å². The quantitative estimate of drug-likeness (QED) is 0.813. The number of nitrogens with one attached hydrogen (secondary N) is 1. The van der Waals surface area contributed by atoms with Crippen LogP contribution < -0.4 is 5.32 Å². The van der Waals surface area contributed by atoms with E-state index in [0.717, 1.165) is 24.4 Å². The Labute approximate surface area is 106 Å². The number of carbonyl (C=O) groups is 1. The Bertz CT molecular complexity index is 417. The highest BCUT2D eigenvalue weighted by molar-refractivity contribution is 8.00. The lowest BCUT2D eigenvalue weighted by Gasteiger charge is -2.00. The van der Waals surface area contributed by atoms with Gasteiger partial charge in [0.05, 0.1) is 5.75 Å². The minimum Gasteiger partial charge on any atom is -0.312 e. The van der Waals surface area contributed by atoms with E-state index in [9.17, 15) is 4.79 Å². The highest BCUT2D eigenvalue weighted by Crippen LogP contribution is 2.18. The van der Waals surface area contributed by atoms with E-state index >= 15 is 0 Å². The average molecular weight is 248 g/mol. The van der Waals surface area contributed by atoms with Gasteiger partial charge in [-0.1, -0.05) is 31.5 Å². The van der Waals surface area contributed by atoms with Crippen molar-refractivity contribution in [2.24, 2.45) is 4.99 Å². The van der Waals surface area contributed by atoms with Crippen LogP contribution in [0.1, 0.15) is 19.8 Å². The van der Waals surface area contributed by atoms with Crippen LogP contribution in [0, 0.1) is 0 Å². The maximum Gasteiger partial charge on any atom is 0.250 e. The van der Waals surface area contributed by atoms with Crippen LogP contribution in [0.15, 0.2) is 40.2 Å². The van der Waals surface area contributed by atoms with Gasteiger partial charge in [-0.2, -0.15) is 0 Å². The Balaban J connectivity index is 1.88. The van der Waals surface area contributed by atoms with Gasteiger partial charge in [-0.05, 0) is 18.6 Å². The van der Waals surface area contributed by atoms with Crippen LogP contribution in [0.4, 0.5) is 0 Å². The zero-order valence-electron chi connectivity index (χ0n) is 9.85. The Kier molecular flexibility index (Phi) is 4.20. The molecule has 0 fully saturated rings. The van der Waals surface area contributed by atoms with E-state index in [0.29, 0.717) is 0 Å². The topological polar surface area (TPSA) is 41.5 Å². The number of amidine groups is 1. The van der Waals surface area contributed by atoms with E-state index < -0.39 is 0 Å². The summed E-state index contributed by atoms with van der Waals surface area (Å²) in [6, 6.07) is 9.98. The molecule has 1 atom stereocenters. The second-order valence-corrected chi connectivity index (χ2v) is 5.02. The summed E-state index contributed by atoms with van der Waals surface area (Å²) in [5.41, 5.74) is 0. The normalized spacial score (nSPS) is 19.0. The molecular weight excluding hydrogens is 232 g/mol. The van der Waals surface area contributed by atoms with E-state index in [-0.39, 0.29) is 11.9 Å². The van der Waals surface area contributed by atoms with E-state index in [2.05, 4.69) is 29.4 Å². The summed E-state index contributed by atoms with van der Waals surface area (Å²) in [7, 11) is 0. The number of benzene rings is 1. The molecule has 90 valence electrons. The minimum atomic E-state index is -0.161. The first-order valence-electron chi connectivity index (χ1n) is 5.85. The zero-order chi connectivity index (χ0) is 12.1. The summed E-state index contributed by atoms with van der Waals surface area (Å²) in [4.78, 5) is 17.2. The number of amides is 1. The van der Waals surface area contributed by atoms with Crippen molar-refractivity contribution in [1.82, 2.24) is 5.32 Å². The largest absolute Gasteiger partial charge is 0.312 e. The summed E-state index contributed by atoms with van der Waals surface area (Å²) in [5.74, 6) is 1.59. The molecule has 1 heterocycles. The molecule has 0 spiro atoms. The molecule has 0 radical (unpaired) electrons. The summed E-state index contributed by atoms with van der Waals surface area (Å²) in [6.07, 6.45) is 1.83. The van der Waals surface area contributed by atoms with Crippen molar-refractivity contribution in [2.45, 2.75) is 30.7 Å². The van der Waals surface area contributed by atoms with Gasteiger partial charge in [-0.15, -0.1) is 11.8 Å². The van der Waals surface area contributed by atoms with Crippen molar-refractivity contribution >= 4 is 23.5 Å². The van der Waals surface area contributed by atoms with Gasteiger partial charge in [0.2, 0.25) is 5.91 Å². The monoisotopic (exact) mass is 248 g/mol. The van der Waals surface area contributed by atoms with Crippen LogP contribution in [0.3, 0.4) is 0 Å². The molecular formula is C13H16N2OS. The Morgan fingerprint density at radius 3 is 2.82 bits per heavy atom. The molecule has 4 heteroatoms. The molecule has 1 aliphatic rings. The average Bonchev–Trinajstić information content (AvgIpc) is 2.70. The Morgan fingerprint density at radius 1 is 1.35 bits per heavy atom. The maximum atomic E-state index is 11.6. The highest BCUT2D eigenvalue weighted by Gasteiger charge is 2.24. The first kappa shape index (κ1) is 12.2. The van der Waals surface area contributed by atoms with Crippen molar-refractivity contribution in [3.8, 4) is 0 Å². The van der Waals surface area contributed by atoms with E-state index in [1.54, 1.807) is 11.8 Å². The van der Waals surface area contributed by atoms with Crippen LogP contribution in [-0.2, 0) is 4.79 Å². The summed E-state index contributed by atoms with van der Waals surface area (Å²) in [5, 5.41) is 2.85. The standard InChI is InChI=1S/C13H16N2OS/c1-2-6-11-13(16)15-12(14-11)9-17-10-7-4-3-5-8-10/h3-5,7-8,11H,2,6,9H2,1H3,(H,14,15,16). The molecule has 0 saturated heterocycles. The minimum absolute atomic E-state index is 0.0514. The fourth-order valence-electron chi connectivity index (χ4n) is 1.72. The first-order chi connectivity index (χ1) is 8.29. The second kappa shape index (κ2) is 5.87. The van der Waals surface area contributed by atoms with Crippen molar-refractivity contribution in [1.29, 1.82) is 0 Å². The van der Waals surface area contributed by atoms with Crippen LogP contribution in [0.25, 0.3) is 0 Å². The van der Waals surface area contributed by atoms with E-state index in [4.69, 9.17) is 0 Å². The number of hydrogen-bond acceptors (Lipinski definition) is 3. The molecule has 0 bridgehead atoms. The summed E-state index contributed by atoms with van der Waals surface area (Å²) >= 11 is 1.69. The van der Waals surface area contributed by atoms with E-state index in [1.165, 1.54) is 4.90 Å². The van der Waals surface area contributed by atoms with Crippen molar-refractivity contribution in [2.75, 3.05) is 5.75 Å². The third-order valence-corrected chi connectivity index (χ3v) is 3.59. The fraction of sp³-hybridized carbons (Fsp3) is 0.385. The number of nitrogens with zero attached hydrogens (tertiary/aromatic N) is 1. The van der Waals surface area contributed by atoms with Crippen LogP contribution in [-0.4, -0.2) is 23.5 Å². The maximum absolute atomic E-state index is 11.6. The van der Waals surface area contributed by atoms with Crippen molar-refractivity contribution in [3.05, 3.63) is 30.3 Å². The predicted octanol–water partition coefficient (Wildman–Crippen LogP) is 2.48. The summed E-state index contributed by atoms with van der Waals surface area (Å²) in [6.45, 7) is 2.07. The molecule has 17 heavy (non-hydrogen) atoms. The number of rotatable bonds is 5. The van der Waals surface area contributed by atoms with Gasteiger partial charge < -0.3 is 5.32 Å². The molecule has 0 aromatic heterocycles. The zero-order valence-corrected chi connectivity index (χ0v) is 10.7. The van der Waals surface area contributed by atoms with Gasteiger partial charge in [0.1, 0.15) is 11.9 Å². The number of carbonyl (C=O) groups excluding carboxylic acids is 1. The molecule has 1 N–H and O–H groups in total. The van der Waals surface area contributed by atoms with Gasteiger partial charge in [-0.25, -0.2) is 0 Å². The Hall–Kier alpha value is -1.29. The third kappa shape index (κ3) is 3.33. The van der Waals surface area contributed by atoms with Crippen LogP contribution >= 0.6 is 11.8 Å². The lowest BCUT2D eigenvalue weighted by atomic mass is 10.2. The molecule has 3 nitrogen and oxygen atoms in total. The van der Waals surface area contributed by atoms with Crippen molar-refractivity contribution in [3.63, 3.8) is 0 Å². The predicted molar refractivity (Wildman–Crippen MR) is 71.4 cm³/mol. The van der Waals surface area contributed by atoms with Crippen molar-refractivity contribution < 1.29 is 4.79 Å². The molecule has 1 aromatic carbocycles. The SMILES string of the molecule is CCCC1N=C(CSc2ccccc2)NC1=O. The molecule has 2 rings (SSSR count). The number of aliphatic imine (C=N–C) groups is 1. The number of hydrogen-bond donors (Lipinski definition) is 1. The van der Waals surface area contributed by atoms with Gasteiger partial charge in [0, 0.05) is 4.90 Å². The molecule has 1 amide bonds. The fourth-order valence-corrected chi connectivity index (χ4v) is 2.52. The highest BCUT2D eigenvalue weighted by atomic mass is 32.2. The number of thioether (sulfide) groups is 1.